The van der Waals surface area contributed by atoms with Crippen LogP contribution in [0.3, 0.4) is 0 Å². The summed E-state index contributed by atoms with van der Waals surface area (Å²) in [6.45, 7) is 5.36. The maximum Gasteiger partial charge on any atom is 0.161 e. The summed E-state index contributed by atoms with van der Waals surface area (Å²) in [5.74, 6) is 2.34. The second kappa shape index (κ2) is 7.83. The molecule has 21 heavy (non-hydrogen) atoms. The molecule has 120 valence electrons. The van der Waals surface area contributed by atoms with Gasteiger partial charge in [0.2, 0.25) is 0 Å². The quantitative estimate of drug-likeness (QED) is 0.829. The fourth-order valence-electron chi connectivity index (χ4n) is 3.73. The molecule has 2 rings (SSSR count). The average Bonchev–Trinajstić information content (AvgIpc) is 2.91. The van der Waals surface area contributed by atoms with Gasteiger partial charge in [-0.05, 0) is 31.1 Å². The minimum atomic E-state index is 0.0524. The lowest BCUT2D eigenvalue weighted by molar-refractivity contribution is 0.227. The zero-order valence-electron chi connectivity index (χ0n) is 13.8. The molecule has 1 fully saturated rings. The minimum Gasteiger partial charge on any atom is -0.493 e. The average molecular weight is 293 g/mol. The van der Waals surface area contributed by atoms with Gasteiger partial charge in [-0.1, -0.05) is 39.5 Å². The molecule has 1 atom stereocenters. The lowest BCUT2D eigenvalue weighted by Gasteiger charge is -2.32. The molecule has 0 aliphatic heterocycles. The highest BCUT2D eigenvalue weighted by Gasteiger charge is 2.30. The van der Waals surface area contributed by atoms with Crippen LogP contribution in [0.1, 0.15) is 70.5 Å². The van der Waals surface area contributed by atoms with Crippen LogP contribution in [0.25, 0.3) is 0 Å². The molecule has 1 saturated carbocycles. The Bertz CT molecular complexity index is 422. The van der Waals surface area contributed by atoms with Gasteiger partial charge < -0.3 is 10.5 Å². The van der Waals surface area contributed by atoms with Crippen molar-refractivity contribution in [3.05, 3.63) is 11.9 Å². The summed E-state index contributed by atoms with van der Waals surface area (Å²) >= 11 is 0. The smallest absolute Gasteiger partial charge is 0.161 e. The van der Waals surface area contributed by atoms with Gasteiger partial charge in [-0.15, -0.1) is 0 Å². The van der Waals surface area contributed by atoms with Crippen LogP contribution in [-0.4, -0.2) is 16.9 Å². The fraction of sp³-hybridized carbons (Fsp3) is 0.824. The molecular weight excluding hydrogens is 262 g/mol. The van der Waals surface area contributed by atoms with E-state index in [9.17, 15) is 0 Å². The van der Waals surface area contributed by atoms with Crippen molar-refractivity contribution in [2.75, 3.05) is 7.11 Å². The van der Waals surface area contributed by atoms with Crippen molar-refractivity contribution >= 4 is 0 Å². The van der Waals surface area contributed by atoms with Crippen LogP contribution in [-0.2, 0) is 6.54 Å². The van der Waals surface area contributed by atoms with E-state index in [1.165, 1.54) is 38.5 Å². The van der Waals surface area contributed by atoms with Gasteiger partial charge in [0.25, 0.3) is 0 Å². The van der Waals surface area contributed by atoms with Crippen molar-refractivity contribution in [1.29, 1.82) is 0 Å². The van der Waals surface area contributed by atoms with Crippen LogP contribution < -0.4 is 10.5 Å². The van der Waals surface area contributed by atoms with E-state index < -0.39 is 0 Å². The fourth-order valence-corrected chi connectivity index (χ4v) is 3.73. The highest BCUT2D eigenvalue weighted by Crippen LogP contribution is 2.39. The lowest BCUT2D eigenvalue weighted by atomic mass is 9.76. The van der Waals surface area contributed by atoms with Crippen molar-refractivity contribution in [1.82, 2.24) is 9.78 Å². The number of nitrogens with zero attached hydrogens (tertiary/aromatic N) is 2. The molecule has 1 heterocycles. The SMILES string of the molecule is CCCC1CCC(C(N)c2c(OC)cnn2CCC)CC1. The number of hydrogen-bond acceptors (Lipinski definition) is 3. The molecule has 0 saturated heterocycles. The first-order valence-corrected chi connectivity index (χ1v) is 8.56. The monoisotopic (exact) mass is 293 g/mol. The maximum atomic E-state index is 6.60. The van der Waals surface area contributed by atoms with Gasteiger partial charge >= 0.3 is 0 Å². The summed E-state index contributed by atoms with van der Waals surface area (Å²) in [6, 6.07) is 0.0524. The zero-order valence-corrected chi connectivity index (χ0v) is 13.8. The molecule has 0 bridgehead atoms. The number of methoxy groups -OCH3 is 1. The summed E-state index contributed by atoms with van der Waals surface area (Å²) < 4.78 is 7.52. The van der Waals surface area contributed by atoms with Gasteiger partial charge in [0.1, 0.15) is 0 Å². The molecule has 0 amide bonds. The minimum absolute atomic E-state index is 0.0524. The molecule has 1 aromatic rings. The normalized spacial score (nSPS) is 24.0. The van der Waals surface area contributed by atoms with E-state index in [1.54, 1.807) is 7.11 Å². The van der Waals surface area contributed by atoms with Gasteiger partial charge in [-0.25, -0.2) is 0 Å². The zero-order chi connectivity index (χ0) is 15.2. The highest BCUT2D eigenvalue weighted by molar-refractivity contribution is 5.28. The number of rotatable bonds is 7. The molecule has 0 aromatic carbocycles. The first-order valence-electron chi connectivity index (χ1n) is 8.56. The molecule has 1 aromatic heterocycles. The predicted molar refractivity (Wildman–Crippen MR) is 86.4 cm³/mol. The second-order valence-corrected chi connectivity index (χ2v) is 6.42. The summed E-state index contributed by atoms with van der Waals surface area (Å²) in [5.41, 5.74) is 7.70. The third kappa shape index (κ3) is 3.79. The Labute approximate surface area is 129 Å². The second-order valence-electron chi connectivity index (χ2n) is 6.42. The van der Waals surface area contributed by atoms with Gasteiger partial charge in [0, 0.05) is 6.54 Å². The van der Waals surface area contributed by atoms with Gasteiger partial charge in [-0.2, -0.15) is 5.10 Å². The number of nitrogens with two attached hydrogens (primary N) is 1. The van der Waals surface area contributed by atoms with Crippen molar-refractivity contribution in [2.24, 2.45) is 17.6 Å². The molecule has 0 radical (unpaired) electrons. The largest absolute Gasteiger partial charge is 0.493 e. The lowest BCUT2D eigenvalue weighted by Crippen LogP contribution is -2.28. The standard InChI is InChI=1S/C17H31N3O/c1-4-6-13-7-9-14(10-8-13)16(18)17-15(21-3)12-19-20(17)11-5-2/h12-14,16H,4-11,18H2,1-3H3. The number of hydrogen-bond donors (Lipinski definition) is 1. The van der Waals surface area contributed by atoms with Crippen molar-refractivity contribution in [3.8, 4) is 5.75 Å². The van der Waals surface area contributed by atoms with Crippen LogP contribution in [0.4, 0.5) is 0 Å². The third-order valence-corrected chi connectivity index (χ3v) is 4.91. The molecule has 0 spiro atoms. The molecule has 4 nitrogen and oxygen atoms in total. The van der Waals surface area contributed by atoms with Crippen LogP contribution in [0, 0.1) is 11.8 Å². The van der Waals surface area contributed by atoms with Gasteiger partial charge in [-0.3, -0.25) is 4.68 Å². The third-order valence-electron chi connectivity index (χ3n) is 4.91. The Morgan fingerprint density at radius 3 is 2.57 bits per heavy atom. The van der Waals surface area contributed by atoms with E-state index in [-0.39, 0.29) is 6.04 Å². The molecule has 1 unspecified atom stereocenters. The summed E-state index contributed by atoms with van der Waals surface area (Å²) in [5, 5.41) is 4.45. The van der Waals surface area contributed by atoms with Crippen LogP contribution >= 0.6 is 0 Å². The number of aryl methyl sites for hydroxylation is 1. The first kappa shape index (κ1) is 16.3. The first-order chi connectivity index (χ1) is 10.2. The number of aromatic nitrogens is 2. The van der Waals surface area contributed by atoms with E-state index in [4.69, 9.17) is 10.5 Å². The van der Waals surface area contributed by atoms with E-state index in [1.807, 2.05) is 10.9 Å². The van der Waals surface area contributed by atoms with Crippen LogP contribution in [0.15, 0.2) is 6.20 Å². The molecule has 1 aliphatic carbocycles. The summed E-state index contributed by atoms with van der Waals surface area (Å²) in [7, 11) is 1.71. The van der Waals surface area contributed by atoms with Gasteiger partial charge in [0.05, 0.1) is 25.0 Å². The molecular formula is C17H31N3O. The Hall–Kier alpha value is -1.03. The Morgan fingerprint density at radius 2 is 2.00 bits per heavy atom. The molecule has 2 N–H and O–H groups in total. The maximum absolute atomic E-state index is 6.60. The van der Waals surface area contributed by atoms with Crippen LogP contribution in [0.2, 0.25) is 0 Å². The van der Waals surface area contributed by atoms with Crippen molar-refractivity contribution in [2.45, 2.75) is 71.4 Å². The Morgan fingerprint density at radius 1 is 1.29 bits per heavy atom. The summed E-state index contributed by atoms with van der Waals surface area (Å²) in [4.78, 5) is 0. The number of ether oxygens (including phenoxy) is 1. The van der Waals surface area contributed by atoms with Crippen molar-refractivity contribution in [3.63, 3.8) is 0 Å². The van der Waals surface area contributed by atoms with E-state index in [0.717, 1.165) is 30.3 Å². The van der Waals surface area contributed by atoms with Crippen LogP contribution in [0.5, 0.6) is 5.75 Å². The highest BCUT2D eigenvalue weighted by atomic mass is 16.5. The van der Waals surface area contributed by atoms with E-state index in [2.05, 4.69) is 18.9 Å². The molecule has 1 aliphatic rings. The van der Waals surface area contributed by atoms with Crippen molar-refractivity contribution < 1.29 is 4.74 Å². The molecule has 4 heteroatoms. The predicted octanol–water partition coefficient (Wildman–Crippen LogP) is 3.91. The topological polar surface area (TPSA) is 53.1 Å². The summed E-state index contributed by atoms with van der Waals surface area (Å²) in [6.07, 6.45) is 10.7. The Balaban J connectivity index is 2.06. The van der Waals surface area contributed by atoms with Gasteiger partial charge in [0.15, 0.2) is 5.75 Å². The van der Waals surface area contributed by atoms with E-state index >= 15 is 0 Å². The Kier molecular flexibility index (Phi) is 6.09. The van der Waals surface area contributed by atoms with E-state index in [0.29, 0.717) is 5.92 Å².